The zero-order chi connectivity index (χ0) is 21.4. The molecule has 0 saturated carbocycles. The number of carbonyl (C=O) groups excluding carboxylic acids is 2. The molecular weight excluding hydrogens is 411 g/mol. The highest BCUT2D eigenvalue weighted by Gasteiger charge is 2.30. The molecule has 0 aliphatic rings. The number of carbonyl (C=O) groups is 2. The average molecular weight is 431 g/mol. The average Bonchev–Trinajstić information content (AvgIpc) is 3.15. The Morgan fingerprint density at radius 2 is 2.03 bits per heavy atom. The molecule has 0 spiro atoms. The van der Waals surface area contributed by atoms with Crippen LogP contribution in [0.5, 0.6) is 0 Å². The number of anilines is 1. The van der Waals surface area contributed by atoms with E-state index in [1.165, 1.54) is 48.0 Å². The van der Waals surface area contributed by atoms with E-state index < -0.39 is 23.7 Å². The first-order valence-electron chi connectivity index (χ1n) is 8.49. The van der Waals surface area contributed by atoms with Crippen LogP contribution in [-0.4, -0.2) is 49.3 Å². The number of alkyl halides is 3. The standard InChI is InChI=1S/C18H20F3N3O4S/c1-27-8-4-7-24(10-15-23-14(11-29-15)16(25)28-2)17(26)22-13-6-3-5-12(9-13)18(19,20)21/h3,5-6,9,11H,4,7-8,10H2,1-2H3,(H,22,26). The van der Waals surface area contributed by atoms with Gasteiger partial charge < -0.3 is 19.7 Å². The number of methoxy groups -OCH3 is 2. The quantitative estimate of drug-likeness (QED) is 0.504. The van der Waals surface area contributed by atoms with Gasteiger partial charge in [0.1, 0.15) is 5.01 Å². The molecule has 0 aliphatic heterocycles. The van der Waals surface area contributed by atoms with Crippen LogP contribution >= 0.6 is 11.3 Å². The van der Waals surface area contributed by atoms with Crippen LogP contribution in [0.25, 0.3) is 0 Å². The number of benzene rings is 1. The summed E-state index contributed by atoms with van der Waals surface area (Å²) < 4.78 is 48.2. The first-order valence-corrected chi connectivity index (χ1v) is 9.37. The molecule has 2 rings (SSSR count). The van der Waals surface area contributed by atoms with Crippen molar-refractivity contribution in [3.05, 3.63) is 45.9 Å². The van der Waals surface area contributed by atoms with Crippen LogP contribution in [-0.2, 0) is 22.2 Å². The van der Waals surface area contributed by atoms with E-state index in [1.54, 1.807) is 0 Å². The second-order valence-corrected chi connectivity index (χ2v) is 6.84. The zero-order valence-electron chi connectivity index (χ0n) is 15.8. The highest BCUT2D eigenvalue weighted by molar-refractivity contribution is 7.09. The van der Waals surface area contributed by atoms with Crippen molar-refractivity contribution in [1.82, 2.24) is 9.88 Å². The minimum Gasteiger partial charge on any atom is -0.464 e. The van der Waals surface area contributed by atoms with E-state index in [-0.39, 0.29) is 24.5 Å². The Bertz CT molecular complexity index is 842. The number of hydrogen-bond acceptors (Lipinski definition) is 6. The van der Waals surface area contributed by atoms with Crippen molar-refractivity contribution < 1.29 is 32.2 Å². The predicted octanol–water partition coefficient (Wildman–Crippen LogP) is 4.02. The molecule has 1 aromatic carbocycles. The summed E-state index contributed by atoms with van der Waals surface area (Å²) in [6.45, 7) is 0.764. The molecule has 2 amide bonds. The van der Waals surface area contributed by atoms with Gasteiger partial charge in [-0.1, -0.05) is 6.07 Å². The number of hydrogen-bond donors (Lipinski definition) is 1. The van der Waals surface area contributed by atoms with Crippen LogP contribution in [0.4, 0.5) is 23.7 Å². The molecule has 0 aliphatic carbocycles. The van der Waals surface area contributed by atoms with Crippen molar-refractivity contribution in [3.63, 3.8) is 0 Å². The lowest BCUT2D eigenvalue weighted by molar-refractivity contribution is -0.137. The van der Waals surface area contributed by atoms with Gasteiger partial charge in [0.25, 0.3) is 0 Å². The predicted molar refractivity (Wildman–Crippen MR) is 101 cm³/mol. The lowest BCUT2D eigenvalue weighted by Crippen LogP contribution is -2.35. The minimum atomic E-state index is -4.51. The molecule has 0 bridgehead atoms. The highest BCUT2D eigenvalue weighted by atomic mass is 32.1. The van der Waals surface area contributed by atoms with Crippen LogP contribution in [0.2, 0.25) is 0 Å². The van der Waals surface area contributed by atoms with E-state index in [0.717, 1.165) is 12.1 Å². The number of nitrogens with one attached hydrogen (secondary N) is 1. The summed E-state index contributed by atoms with van der Waals surface area (Å²) in [6.07, 6.45) is -3.99. The van der Waals surface area contributed by atoms with Crippen molar-refractivity contribution in [2.24, 2.45) is 0 Å². The van der Waals surface area contributed by atoms with Crippen molar-refractivity contribution in [2.75, 3.05) is 32.7 Å². The fraction of sp³-hybridized carbons (Fsp3) is 0.389. The Hall–Kier alpha value is -2.66. The van der Waals surface area contributed by atoms with Gasteiger partial charge in [0.05, 0.1) is 19.2 Å². The monoisotopic (exact) mass is 431 g/mol. The van der Waals surface area contributed by atoms with E-state index in [1.807, 2.05) is 0 Å². The van der Waals surface area contributed by atoms with Gasteiger partial charge in [0, 0.05) is 31.3 Å². The third-order valence-electron chi connectivity index (χ3n) is 3.78. The SMILES string of the molecule is COCCCN(Cc1nc(C(=O)OC)cs1)C(=O)Nc1cccc(C(F)(F)F)c1. The molecule has 29 heavy (non-hydrogen) atoms. The first-order chi connectivity index (χ1) is 13.7. The Morgan fingerprint density at radius 3 is 2.69 bits per heavy atom. The number of halogens is 3. The number of urea groups is 1. The van der Waals surface area contributed by atoms with Crippen LogP contribution < -0.4 is 5.32 Å². The summed E-state index contributed by atoms with van der Waals surface area (Å²) in [4.78, 5) is 29.7. The molecule has 2 aromatic rings. The van der Waals surface area contributed by atoms with Crippen LogP contribution in [0.1, 0.15) is 27.5 Å². The third kappa shape index (κ3) is 6.71. The maximum Gasteiger partial charge on any atom is 0.416 e. The summed E-state index contributed by atoms with van der Waals surface area (Å²) in [5, 5.41) is 4.47. The molecule has 1 aromatic heterocycles. The largest absolute Gasteiger partial charge is 0.464 e. The van der Waals surface area contributed by atoms with Crippen LogP contribution in [0.3, 0.4) is 0 Å². The second-order valence-electron chi connectivity index (χ2n) is 5.89. The van der Waals surface area contributed by atoms with Crippen molar-refractivity contribution in [1.29, 1.82) is 0 Å². The fourth-order valence-electron chi connectivity index (χ4n) is 2.37. The maximum absolute atomic E-state index is 12.9. The molecule has 0 unspecified atom stereocenters. The number of thiazole rings is 1. The Balaban J connectivity index is 2.13. The zero-order valence-corrected chi connectivity index (χ0v) is 16.6. The number of nitrogens with zero attached hydrogens (tertiary/aromatic N) is 2. The van der Waals surface area contributed by atoms with Gasteiger partial charge in [-0.15, -0.1) is 11.3 Å². The Morgan fingerprint density at radius 1 is 1.28 bits per heavy atom. The minimum absolute atomic E-state index is 0.0240. The molecule has 1 N–H and O–H groups in total. The maximum atomic E-state index is 12.9. The molecule has 158 valence electrons. The van der Waals surface area contributed by atoms with Gasteiger partial charge in [-0.05, 0) is 24.6 Å². The number of ether oxygens (including phenoxy) is 2. The summed E-state index contributed by atoms with van der Waals surface area (Å²) in [5.74, 6) is -0.591. The molecular formula is C18H20F3N3O4S. The van der Waals surface area contributed by atoms with Gasteiger partial charge in [-0.25, -0.2) is 14.6 Å². The summed E-state index contributed by atoms with van der Waals surface area (Å²) in [6, 6.07) is 3.80. The van der Waals surface area contributed by atoms with E-state index >= 15 is 0 Å². The van der Waals surface area contributed by atoms with Crippen molar-refractivity contribution in [3.8, 4) is 0 Å². The van der Waals surface area contributed by atoms with Crippen molar-refractivity contribution >= 4 is 29.0 Å². The Labute approximate surface area is 169 Å². The van der Waals surface area contributed by atoms with Crippen molar-refractivity contribution in [2.45, 2.75) is 19.1 Å². The molecule has 0 saturated heterocycles. The van der Waals surface area contributed by atoms with Gasteiger partial charge in [0.2, 0.25) is 0 Å². The topological polar surface area (TPSA) is 80.8 Å². The van der Waals surface area contributed by atoms with E-state index in [0.29, 0.717) is 18.0 Å². The third-order valence-corrected chi connectivity index (χ3v) is 4.61. The Kier molecular flexibility index (Phi) is 7.97. The van der Waals surface area contributed by atoms with Gasteiger partial charge in [-0.3, -0.25) is 0 Å². The van der Waals surface area contributed by atoms with E-state index in [9.17, 15) is 22.8 Å². The van der Waals surface area contributed by atoms with Gasteiger partial charge in [-0.2, -0.15) is 13.2 Å². The normalized spacial score (nSPS) is 11.2. The van der Waals surface area contributed by atoms with Crippen LogP contribution in [0.15, 0.2) is 29.6 Å². The molecule has 7 nitrogen and oxygen atoms in total. The fourth-order valence-corrected chi connectivity index (χ4v) is 3.15. The molecule has 0 fully saturated rings. The van der Waals surface area contributed by atoms with E-state index in [4.69, 9.17) is 4.74 Å². The number of amides is 2. The second kappa shape index (κ2) is 10.2. The van der Waals surface area contributed by atoms with E-state index in [2.05, 4.69) is 15.0 Å². The smallest absolute Gasteiger partial charge is 0.416 e. The summed E-state index contributed by atoms with van der Waals surface area (Å²) in [7, 11) is 2.76. The van der Waals surface area contributed by atoms with Crippen LogP contribution in [0, 0.1) is 0 Å². The van der Waals surface area contributed by atoms with Gasteiger partial charge >= 0.3 is 18.2 Å². The lowest BCUT2D eigenvalue weighted by Gasteiger charge is -2.22. The number of esters is 1. The summed E-state index contributed by atoms with van der Waals surface area (Å²) >= 11 is 1.18. The molecule has 11 heteroatoms. The molecule has 1 heterocycles. The highest BCUT2D eigenvalue weighted by Crippen LogP contribution is 2.30. The molecule has 0 atom stereocenters. The molecule has 0 radical (unpaired) electrons. The lowest BCUT2D eigenvalue weighted by atomic mass is 10.2. The first kappa shape index (κ1) is 22.6. The number of rotatable bonds is 8. The summed E-state index contributed by atoms with van der Waals surface area (Å²) in [5.41, 5.74) is -0.706. The number of aromatic nitrogens is 1. The van der Waals surface area contributed by atoms with Gasteiger partial charge in [0.15, 0.2) is 5.69 Å².